The summed E-state index contributed by atoms with van der Waals surface area (Å²) in [5.74, 6) is -4.36. The van der Waals surface area contributed by atoms with Gasteiger partial charge in [-0.2, -0.15) is 0 Å². The summed E-state index contributed by atoms with van der Waals surface area (Å²) in [7, 11) is 1.53. The van der Waals surface area contributed by atoms with Crippen LogP contribution in [0.25, 0.3) is 0 Å². The van der Waals surface area contributed by atoms with E-state index < -0.39 is 17.5 Å². The monoisotopic (exact) mass is 378 g/mol. The number of ether oxygens (including phenoxy) is 1. The Morgan fingerprint density at radius 1 is 1.19 bits per heavy atom. The van der Waals surface area contributed by atoms with Crippen LogP contribution in [0.2, 0.25) is 0 Å². The molecule has 0 aliphatic carbocycles. The number of hydrogen-bond donors (Lipinski definition) is 1. The number of benzene rings is 2. The number of rotatable bonds is 5. The molecule has 0 bridgehead atoms. The minimum absolute atomic E-state index is 0.144. The molecule has 1 saturated heterocycles. The molecular weight excluding hydrogens is 361 g/mol. The summed E-state index contributed by atoms with van der Waals surface area (Å²) in [5.41, 5.74) is 0.774. The summed E-state index contributed by atoms with van der Waals surface area (Å²) < 4.78 is 44.8. The number of carbonyl (C=O) groups excluding carboxylic acids is 2. The van der Waals surface area contributed by atoms with E-state index in [0.29, 0.717) is 18.0 Å². The third kappa shape index (κ3) is 4.05. The second-order valence-electron chi connectivity index (χ2n) is 6.18. The Morgan fingerprint density at radius 2 is 1.81 bits per heavy atom. The van der Waals surface area contributed by atoms with E-state index in [1.165, 1.54) is 11.9 Å². The maximum Gasteiger partial charge on any atom is 0.227 e. The summed E-state index contributed by atoms with van der Waals surface area (Å²) in [6.45, 7) is 0.154. The van der Waals surface area contributed by atoms with Gasteiger partial charge in [0.05, 0.1) is 5.92 Å². The molecule has 142 valence electrons. The highest BCUT2D eigenvalue weighted by molar-refractivity contribution is 6.00. The first-order valence-electron chi connectivity index (χ1n) is 8.27. The van der Waals surface area contributed by atoms with Gasteiger partial charge in [0, 0.05) is 25.7 Å². The van der Waals surface area contributed by atoms with Crippen LogP contribution >= 0.6 is 0 Å². The Kier molecular flexibility index (Phi) is 5.34. The third-order valence-corrected chi connectivity index (χ3v) is 4.34. The first-order chi connectivity index (χ1) is 12.9. The number of carbonyl (C=O) groups is 2. The lowest BCUT2D eigenvalue weighted by atomic mass is 10.1. The van der Waals surface area contributed by atoms with E-state index in [2.05, 4.69) is 5.32 Å². The molecule has 27 heavy (non-hydrogen) atoms. The van der Waals surface area contributed by atoms with Crippen LogP contribution in [0.1, 0.15) is 12.0 Å². The summed E-state index contributed by atoms with van der Waals surface area (Å²) >= 11 is 0. The van der Waals surface area contributed by atoms with Gasteiger partial charge in [-0.3, -0.25) is 9.59 Å². The zero-order chi connectivity index (χ0) is 19.6. The number of nitrogens with zero attached hydrogens (tertiary/aromatic N) is 1. The molecule has 0 unspecified atom stereocenters. The molecule has 1 aliphatic rings. The SMILES string of the molecule is CNC(=O)[C@H]1CC(=O)N(c2ccc(OCc3cc(F)c(F)c(F)c3)cc2)C1. The number of halogens is 3. The number of nitrogens with one attached hydrogen (secondary N) is 1. The van der Waals surface area contributed by atoms with Crippen molar-refractivity contribution in [2.24, 2.45) is 5.92 Å². The predicted molar refractivity (Wildman–Crippen MR) is 91.6 cm³/mol. The zero-order valence-corrected chi connectivity index (χ0v) is 14.5. The maximum atomic E-state index is 13.2. The Labute approximate surface area is 153 Å². The Morgan fingerprint density at radius 3 is 2.41 bits per heavy atom. The average molecular weight is 378 g/mol. The van der Waals surface area contributed by atoms with Gasteiger partial charge in [-0.25, -0.2) is 13.2 Å². The normalized spacial score (nSPS) is 16.5. The first kappa shape index (κ1) is 18.8. The van der Waals surface area contributed by atoms with Gasteiger partial charge in [-0.05, 0) is 42.0 Å². The molecule has 2 aromatic carbocycles. The summed E-state index contributed by atoms with van der Waals surface area (Å²) in [4.78, 5) is 25.3. The quantitative estimate of drug-likeness (QED) is 0.814. The van der Waals surface area contributed by atoms with E-state index in [0.717, 1.165) is 12.1 Å². The lowest BCUT2D eigenvalue weighted by molar-refractivity contribution is -0.125. The van der Waals surface area contributed by atoms with Gasteiger partial charge in [0.2, 0.25) is 11.8 Å². The van der Waals surface area contributed by atoms with Crippen LogP contribution in [0.4, 0.5) is 18.9 Å². The van der Waals surface area contributed by atoms with Crippen molar-refractivity contribution in [3.63, 3.8) is 0 Å². The highest BCUT2D eigenvalue weighted by Gasteiger charge is 2.34. The first-order valence-corrected chi connectivity index (χ1v) is 8.27. The second-order valence-corrected chi connectivity index (χ2v) is 6.18. The molecule has 1 aliphatic heterocycles. The molecule has 2 aromatic rings. The standard InChI is InChI=1S/C19H17F3N2O3/c1-23-19(26)12-8-17(25)24(9-12)13-2-4-14(5-3-13)27-10-11-6-15(20)18(22)16(21)7-11/h2-7,12H,8-10H2,1H3,(H,23,26)/t12-/m0/s1. The summed E-state index contributed by atoms with van der Waals surface area (Å²) in [6.07, 6.45) is 0.152. The summed E-state index contributed by atoms with van der Waals surface area (Å²) in [6, 6.07) is 8.26. The molecule has 1 atom stereocenters. The molecular formula is C19H17F3N2O3. The van der Waals surface area contributed by atoms with E-state index in [4.69, 9.17) is 4.74 Å². The van der Waals surface area contributed by atoms with Gasteiger partial charge >= 0.3 is 0 Å². The van der Waals surface area contributed by atoms with Crippen LogP contribution in [0.3, 0.4) is 0 Å². The van der Waals surface area contributed by atoms with Crippen molar-refractivity contribution >= 4 is 17.5 Å². The minimum Gasteiger partial charge on any atom is -0.489 e. The number of anilines is 1. The lowest BCUT2D eigenvalue weighted by Crippen LogP contribution is -2.30. The molecule has 1 N–H and O–H groups in total. The van der Waals surface area contributed by atoms with Gasteiger partial charge in [0.25, 0.3) is 0 Å². The van der Waals surface area contributed by atoms with Gasteiger partial charge in [-0.15, -0.1) is 0 Å². The Hall–Kier alpha value is -3.03. The molecule has 0 radical (unpaired) electrons. The molecule has 3 rings (SSSR count). The van der Waals surface area contributed by atoms with Crippen molar-refractivity contribution < 1.29 is 27.5 Å². The minimum atomic E-state index is -1.52. The van der Waals surface area contributed by atoms with E-state index in [1.807, 2.05) is 0 Å². The van der Waals surface area contributed by atoms with Crippen LogP contribution in [-0.4, -0.2) is 25.4 Å². The van der Waals surface area contributed by atoms with Gasteiger partial charge in [0.1, 0.15) is 12.4 Å². The highest BCUT2D eigenvalue weighted by Crippen LogP contribution is 2.27. The molecule has 1 fully saturated rings. The molecule has 0 saturated carbocycles. The zero-order valence-electron chi connectivity index (χ0n) is 14.5. The lowest BCUT2D eigenvalue weighted by Gasteiger charge is -2.17. The van der Waals surface area contributed by atoms with Crippen LogP contribution in [-0.2, 0) is 16.2 Å². The summed E-state index contributed by atoms with van der Waals surface area (Å²) in [5, 5.41) is 2.54. The van der Waals surface area contributed by atoms with E-state index in [9.17, 15) is 22.8 Å². The van der Waals surface area contributed by atoms with Crippen LogP contribution in [0, 0.1) is 23.4 Å². The van der Waals surface area contributed by atoms with Crippen molar-refractivity contribution in [1.82, 2.24) is 5.32 Å². The fraction of sp³-hybridized carbons (Fsp3) is 0.263. The molecule has 5 nitrogen and oxygen atoms in total. The Balaban J connectivity index is 1.64. The average Bonchev–Trinajstić information content (AvgIpc) is 3.05. The van der Waals surface area contributed by atoms with E-state index >= 15 is 0 Å². The van der Waals surface area contributed by atoms with Crippen molar-refractivity contribution in [3.05, 3.63) is 59.4 Å². The van der Waals surface area contributed by atoms with Crippen LogP contribution in [0.15, 0.2) is 36.4 Å². The third-order valence-electron chi connectivity index (χ3n) is 4.34. The van der Waals surface area contributed by atoms with Crippen molar-refractivity contribution in [2.45, 2.75) is 13.0 Å². The van der Waals surface area contributed by atoms with Gasteiger partial charge in [-0.1, -0.05) is 0 Å². The van der Waals surface area contributed by atoms with E-state index in [1.54, 1.807) is 24.3 Å². The molecule has 0 spiro atoms. The highest BCUT2D eigenvalue weighted by atomic mass is 19.2. The number of amides is 2. The molecule has 2 amide bonds. The smallest absolute Gasteiger partial charge is 0.227 e. The van der Waals surface area contributed by atoms with Crippen LogP contribution < -0.4 is 15.0 Å². The Bertz CT molecular complexity index is 848. The van der Waals surface area contributed by atoms with Crippen molar-refractivity contribution in [1.29, 1.82) is 0 Å². The second kappa shape index (κ2) is 7.69. The van der Waals surface area contributed by atoms with Gasteiger partial charge < -0.3 is 15.0 Å². The van der Waals surface area contributed by atoms with Gasteiger partial charge in [0.15, 0.2) is 17.5 Å². The predicted octanol–water partition coefficient (Wildman–Crippen LogP) is 2.78. The maximum absolute atomic E-state index is 13.2. The topological polar surface area (TPSA) is 58.6 Å². The van der Waals surface area contributed by atoms with Crippen LogP contribution in [0.5, 0.6) is 5.75 Å². The van der Waals surface area contributed by atoms with E-state index in [-0.39, 0.29) is 36.3 Å². The van der Waals surface area contributed by atoms with Crippen molar-refractivity contribution in [2.75, 3.05) is 18.5 Å². The molecule has 1 heterocycles. The van der Waals surface area contributed by atoms with Crippen molar-refractivity contribution in [3.8, 4) is 5.75 Å². The molecule has 8 heteroatoms. The number of hydrogen-bond acceptors (Lipinski definition) is 3. The fourth-order valence-electron chi connectivity index (χ4n) is 2.92. The largest absolute Gasteiger partial charge is 0.489 e. The fourth-order valence-corrected chi connectivity index (χ4v) is 2.92. The molecule has 0 aromatic heterocycles.